The number of rotatable bonds is 5. The van der Waals surface area contributed by atoms with Crippen LogP contribution < -0.4 is 10.6 Å². The third-order valence-electron chi connectivity index (χ3n) is 7.74. The summed E-state index contributed by atoms with van der Waals surface area (Å²) < 4.78 is 0. The van der Waals surface area contributed by atoms with Gasteiger partial charge in [0.05, 0.1) is 11.4 Å². The molecule has 0 atom stereocenters. The van der Waals surface area contributed by atoms with Crippen molar-refractivity contribution in [3.05, 3.63) is 95.6 Å². The van der Waals surface area contributed by atoms with Crippen LogP contribution in [0.1, 0.15) is 40.2 Å². The van der Waals surface area contributed by atoms with E-state index < -0.39 is 0 Å². The fourth-order valence-electron chi connectivity index (χ4n) is 5.67. The molecule has 35 heavy (non-hydrogen) atoms. The van der Waals surface area contributed by atoms with Crippen molar-refractivity contribution in [1.82, 2.24) is 9.80 Å². The Hall–Kier alpha value is -3.31. The highest BCUT2D eigenvalue weighted by molar-refractivity contribution is 5.96. The van der Waals surface area contributed by atoms with Crippen molar-refractivity contribution in [2.45, 2.75) is 18.8 Å². The van der Waals surface area contributed by atoms with Gasteiger partial charge in [0.15, 0.2) is 0 Å². The molecule has 2 fully saturated rings. The average Bonchev–Trinajstić information content (AvgIpc) is 2.91. The first-order valence-corrected chi connectivity index (χ1v) is 12.8. The van der Waals surface area contributed by atoms with E-state index in [1.54, 1.807) is 0 Å². The second kappa shape index (κ2) is 10.5. The van der Waals surface area contributed by atoms with Crippen molar-refractivity contribution in [2.75, 3.05) is 56.9 Å². The summed E-state index contributed by atoms with van der Waals surface area (Å²) in [4.78, 5) is 19.8. The Kier molecular flexibility index (Phi) is 7.05. The second-order valence-electron chi connectivity index (χ2n) is 9.99. The van der Waals surface area contributed by atoms with E-state index in [-0.39, 0.29) is 5.91 Å². The van der Waals surface area contributed by atoms with Crippen LogP contribution in [0.25, 0.3) is 0 Å². The van der Waals surface area contributed by atoms with E-state index in [4.69, 9.17) is 5.73 Å². The van der Waals surface area contributed by atoms with Gasteiger partial charge in [-0.05, 0) is 55.1 Å². The fraction of sp³-hybridized carbons (Fsp3) is 0.367. The summed E-state index contributed by atoms with van der Waals surface area (Å²) in [6.07, 6.45) is 2.18. The van der Waals surface area contributed by atoms with E-state index in [2.05, 4.69) is 77.5 Å². The molecule has 2 aliphatic heterocycles. The van der Waals surface area contributed by atoms with Gasteiger partial charge in [-0.25, -0.2) is 0 Å². The molecule has 0 aromatic heterocycles. The number of nitrogen functional groups attached to an aromatic ring is 1. The van der Waals surface area contributed by atoms with Crippen molar-refractivity contribution < 1.29 is 4.79 Å². The number of piperidine rings is 1. The summed E-state index contributed by atoms with van der Waals surface area (Å²) in [6.45, 7) is 5.28. The summed E-state index contributed by atoms with van der Waals surface area (Å²) >= 11 is 0. The van der Waals surface area contributed by atoms with Crippen molar-refractivity contribution in [1.29, 1.82) is 0 Å². The monoisotopic (exact) mass is 468 g/mol. The molecule has 0 saturated carbocycles. The zero-order chi connectivity index (χ0) is 24.2. The number of amides is 1. The number of benzene rings is 3. The van der Waals surface area contributed by atoms with Crippen molar-refractivity contribution in [2.24, 2.45) is 5.92 Å². The Bertz CT molecular complexity index is 1080. The molecule has 182 valence electrons. The van der Waals surface area contributed by atoms with Gasteiger partial charge in [-0.2, -0.15) is 0 Å². The third-order valence-corrected chi connectivity index (χ3v) is 7.74. The zero-order valence-electron chi connectivity index (χ0n) is 20.6. The minimum Gasteiger partial charge on any atom is -0.397 e. The molecule has 0 aliphatic carbocycles. The van der Waals surface area contributed by atoms with E-state index in [1.807, 2.05) is 23.1 Å². The molecule has 3 aromatic carbocycles. The smallest absolute Gasteiger partial charge is 0.254 e. The Labute approximate surface area is 209 Å². The average molecular weight is 469 g/mol. The van der Waals surface area contributed by atoms with Crippen molar-refractivity contribution in [3.63, 3.8) is 0 Å². The van der Waals surface area contributed by atoms with Gasteiger partial charge in [0.1, 0.15) is 0 Å². The predicted molar refractivity (Wildman–Crippen MR) is 144 cm³/mol. The van der Waals surface area contributed by atoms with Gasteiger partial charge in [-0.15, -0.1) is 0 Å². The quantitative estimate of drug-likeness (QED) is 0.551. The molecule has 5 heteroatoms. The van der Waals surface area contributed by atoms with E-state index in [1.165, 1.54) is 11.1 Å². The summed E-state index contributed by atoms with van der Waals surface area (Å²) in [6, 6.07) is 27.6. The first-order chi connectivity index (χ1) is 17.1. The van der Waals surface area contributed by atoms with Gasteiger partial charge in [0, 0.05) is 50.7 Å². The molecular formula is C30H36N4O. The molecule has 0 unspecified atom stereocenters. The lowest BCUT2D eigenvalue weighted by atomic mass is 9.76. The van der Waals surface area contributed by atoms with Gasteiger partial charge < -0.3 is 20.4 Å². The van der Waals surface area contributed by atoms with Crippen LogP contribution in [0, 0.1) is 5.92 Å². The Morgan fingerprint density at radius 3 is 1.94 bits per heavy atom. The molecule has 2 N–H and O–H groups in total. The largest absolute Gasteiger partial charge is 0.397 e. The molecule has 0 bridgehead atoms. The molecule has 0 spiro atoms. The van der Waals surface area contributed by atoms with Crippen LogP contribution in [-0.2, 0) is 0 Å². The molecule has 3 aromatic rings. The van der Waals surface area contributed by atoms with Crippen molar-refractivity contribution >= 4 is 17.3 Å². The molecule has 0 radical (unpaired) electrons. The van der Waals surface area contributed by atoms with Gasteiger partial charge in [0.25, 0.3) is 5.91 Å². The SMILES string of the molecule is CN1CCN(C(=O)c2ccc(N)c(N3CCC(C(c4ccccc4)c4ccccc4)CC3)c2)CC1. The minimum absolute atomic E-state index is 0.113. The number of piperazine rings is 1. The van der Waals surface area contributed by atoms with Gasteiger partial charge >= 0.3 is 0 Å². The van der Waals surface area contributed by atoms with Crippen LogP contribution in [0.5, 0.6) is 0 Å². The summed E-state index contributed by atoms with van der Waals surface area (Å²) in [5, 5.41) is 0. The first-order valence-electron chi connectivity index (χ1n) is 12.8. The van der Waals surface area contributed by atoms with Gasteiger partial charge in [-0.1, -0.05) is 60.7 Å². The highest BCUT2D eigenvalue weighted by Gasteiger charge is 2.30. The number of anilines is 2. The highest BCUT2D eigenvalue weighted by Crippen LogP contribution is 2.39. The van der Waals surface area contributed by atoms with E-state index in [0.717, 1.165) is 69.0 Å². The normalized spacial score (nSPS) is 17.7. The van der Waals surface area contributed by atoms with Crippen LogP contribution in [0.3, 0.4) is 0 Å². The molecule has 5 nitrogen and oxygen atoms in total. The number of hydrogen-bond donors (Lipinski definition) is 1. The molecular weight excluding hydrogens is 432 g/mol. The maximum absolute atomic E-state index is 13.2. The Morgan fingerprint density at radius 1 is 0.800 bits per heavy atom. The highest BCUT2D eigenvalue weighted by atomic mass is 16.2. The van der Waals surface area contributed by atoms with Crippen LogP contribution in [0.2, 0.25) is 0 Å². The molecule has 2 aliphatic rings. The maximum Gasteiger partial charge on any atom is 0.254 e. The lowest BCUT2D eigenvalue weighted by Crippen LogP contribution is -2.47. The maximum atomic E-state index is 13.2. The van der Waals surface area contributed by atoms with Crippen LogP contribution in [0.4, 0.5) is 11.4 Å². The standard InChI is InChI=1S/C30H36N4O/c1-32-18-20-34(21-19-32)30(35)26-12-13-27(31)28(22-26)33-16-14-25(15-17-33)29(23-8-4-2-5-9-23)24-10-6-3-7-11-24/h2-13,22,25,29H,14-21,31H2,1H3. The fourth-order valence-corrected chi connectivity index (χ4v) is 5.67. The molecule has 5 rings (SSSR count). The molecule has 2 saturated heterocycles. The van der Waals surface area contributed by atoms with Crippen LogP contribution in [0.15, 0.2) is 78.9 Å². The number of nitrogens with zero attached hydrogens (tertiary/aromatic N) is 3. The second-order valence-corrected chi connectivity index (χ2v) is 9.99. The summed E-state index contributed by atoms with van der Waals surface area (Å²) in [5.41, 5.74) is 11.7. The van der Waals surface area contributed by atoms with Gasteiger partial charge in [0.2, 0.25) is 0 Å². The molecule has 1 amide bonds. The number of carbonyl (C=O) groups is 1. The number of hydrogen-bond acceptors (Lipinski definition) is 4. The van der Waals surface area contributed by atoms with Crippen LogP contribution in [-0.4, -0.2) is 62.0 Å². The summed E-state index contributed by atoms with van der Waals surface area (Å²) in [7, 11) is 2.10. The number of likely N-dealkylation sites (N-methyl/N-ethyl adjacent to an activating group) is 1. The third kappa shape index (κ3) is 5.20. The first kappa shape index (κ1) is 23.4. The lowest BCUT2D eigenvalue weighted by molar-refractivity contribution is 0.0664. The lowest BCUT2D eigenvalue weighted by Gasteiger charge is -2.38. The van der Waals surface area contributed by atoms with E-state index >= 15 is 0 Å². The van der Waals surface area contributed by atoms with Crippen molar-refractivity contribution in [3.8, 4) is 0 Å². The van der Waals surface area contributed by atoms with E-state index in [0.29, 0.717) is 11.8 Å². The summed E-state index contributed by atoms with van der Waals surface area (Å²) in [5.74, 6) is 1.07. The van der Waals surface area contributed by atoms with Crippen LogP contribution >= 0.6 is 0 Å². The topological polar surface area (TPSA) is 52.8 Å². The minimum atomic E-state index is 0.113. The molecule has 2 heterocycles. The number of nitrogens with two attached hydrogens (primary N) is 1. The number of carbonyl (C=O) groups excluding carboxylic acids is 1. The predicted octanol–water partition coefficient (Wildman–Crippen LogP) is 4.70. The zero-order valence-corrected chi connectivity index (χ0v) is 20.6. The Morgan fingerprint density at radius 2 is 1.37 bits per heavy atom. The van der Waals surface area contributed by atoms with Gasteiger partial charge in [-0.3, -0.25) is 4.79 Å². The van der Waals surface area contributed by atoms with E-state index in [9.17, 15) is 4.79 Å². The Balaban J connectivity index is 1.31.